The molecule has 1 N–H and O–H groups in total. The van der Waals surface area contributed by atoms with Crippen LogP contribution in [-0.2, 0) is 11.4 Å². The molecule has 0 unspecified atom stereocenters. The van der Waals surface area contributed by atoms with E-state index in [0.717, 1.165) is 13.6 Å². The first-order valence-electron chi connectivity index (χ1n) is 9.92. The third-order valence-corrected chi connectivity index (χ3v) is 5.68. The van der Waals surface area contributed by atoms with Crippen molar-refractivity contribution in [3.05, 3.63) is 91.2 Å². The lowest BCUT2D eigenvalue weighted by Crippen LogP contribution is -2.13. The number of carbonyl (C=O) groups is 1. The average molecular weight is 621 g/mol. The van der Waals surface area contributed by atoms with E-state index in [9.17, 15) is 14.4 Å². The van der Waals surface area contributed by atoms with Crippen LogP contribution in [-0.4, -0.2) is 12.5 Å². The molecule has 0 atom stereocenters. The molecule has 0 bridgehead atoms. The Morgan fingerprint density at radius 1 is 1.18 bits per heavy atom. The van der Waals surface area contributed by atoms with Gasteiger partial charge < -0.3 is 14.8 Å². The van der Waals surface area contributed by atoms with Gasteiger partial charge in [-0.25, -0.2) is 4.39 Å². The van der Waals surface area contributed by atoms with Crippen molar-refractivity contribution in [2.24, 2.45) is 0 Å². The van der Waals surface area contributed by atoms with Crippen molar-refractivity contribution in [1.29, 1.82) is 5.26 Å². The molecule has 1 amide bonds. The lowest BCUT2D eigenvalue weighted by molar-refractivity contribution is -0.112. The second-order valence-corrected chi connectivity index (χ2v) is 8.89. The Morgan fingerprint density at radius 2 is 1.94 bits per heavy atom. The minimum absolute atomic E-state index is 0.0480. The van der Waals surface area contributed by atoms with Crippen LogP contribution in [0.1, 0.15) is 18.1 Å². The quantitative estimate of drug-likeness (QED) is 0.172. The highest BCUT2D eigenvalue weighted by Gasteiger charge is 2.15. The Bertz CT molecular complexity index is 1220. The molecule has 0 saturated carbocycles. The topological polar surface area (TPSA) is 71.3 Å². The van der Waals surface area contributed by atoms with Crippen LogP contribution in [0.25, 0.3) is 6.08 Å². The molecule has 33 heavy (non-hydrogen) atoms. The van der Waals surface area contributed by atoms with E-state index in [-0.39, 0.29) is 18.0 Å². The number of benzene rings is 3. The van der Waals surface area contributed by atoms with Crippen LogP contribution in [0.3, 0.4) is 0 Å². The molecule has 8 heteroatoms. The van der Waals surface area contributed by atoms with Crippen LogP contribution in [0, 0.1) is 20.7 Å². The van der Waals surface area contributed by atoms with Crippen LogP contribution in [0.15, 0.2) is 70.7 Å². The third-order valence-electron chi connectivity index (χ3n) is 4.39. The summed E-state index contributed by atoms with van der Waals surface area (Å²) in [4.78, 5) is 12.6. The summed E-state index contributed by atoms with van der Waals surface area (Å²) in [6.07, 6.45) is 1.50. The van der Waals surface area contributed by atoms with Crippen molar-refractivity contribution in [1.82, 2.24) is 0 Å². The molecular weight excluding hydrogens is 602 g/mol. The van der Waals surface area contributed by atoms with Gasteiger partial charge in [0.2, 0.25) is 0 Å². The van der Waals surface area contributed by atoms with Gasteiger partial charge in [0, 0.05) is 10.2 Å². The Morgan fingerprint density at radius 3 is 2.61 bits per heavy atom. The summed E-state index contributed by atoms with van der Waals surface area (Å²) in [5.41, 5.74) is 1.96. The minimum Gasteiger partial charge on any atom is -0.490 e. The van der Waals surface area contributed by atoms with Crippen molar-refractivity contribution in [2.75, 3.05) is 11.9 Å². The molecule has 0 aliphatic heterocycles. The Kier molecular flexibility index (Phi) is 8.86. The van der Waals surface area contributed by atoms with Crippen molar-refractivity contribution < 1.29 is 18.7 Å². The number of nitrogens with one attached hydrogen (secondary N) is 1. The highest BCUT2D eigenvalue weighted by Crippen LogP contribution is 2.35. The number of hydrogen-bond donors (Lipinski definition) is 1. The SMILES string of the molecule is CCOc1cc(/C=C(/C#N)C(=O)Nc2cccc(Br)c2)cc(I)c1OCc1ccc(F)cc1. The maximum Gasteiger partial charge on any atom is 0.266 e. The van der Waals surface area contributed by atoms with E-state index in [1.54, 1.807) is 42.5 Å². The molecule has 3 aromatic rings. The third kappa shape index (κ3) is 7.04. The summed E-state index contributed by atoms with van der Waals surface area (Å²) in [5, 5.41) is 12.3. The fourth-order valence-corrected chi connectivity index (χ4v) is 4.07. The van der Waals surface area contributed by atoms with Gasteiger partial charge in [-0.2, -0.15) is 5.26 Å². The second-order valence-electron chi connectivity index (χ2n) is 6.81. The normalized spacial score (nSPS) is 10.9. The van der Waals surface area contributed by atoms with Crippen LogP contribution < -0.4 is 14.8 Å². The molecule has 0 aromatic heterocycles. The van der Waals surface area contributed by atoms with Gasteiger partial charge in [-0.05, 0) is 89.2 Å². The fourth-order valence-electron chi connectivity index (χ4n) is 2.89. The molecule has 3 aromatic carbocycles. The molecule has 3 rings (SSSR count). The van der Waals surface area contributed by atoms with Gasteiger partial charge in [0.25, 0.3) is 5.91 Å². The molecule has 0 radical (unpaired) electrons. The number of amides is 1. The smallest absolute Gasteiger partial charge is 0.266 e. The predicted octanol–water partition coefficient (Wildman–Crippen LogP) is 6.72. The van der Waals surface area contributed by atoms with E-state index in [2.05, 4.69) is 43.8 Å². The maximum absolute atomic E-state index is 13.1. The van der Waals surface area contributed by atoms with Gasteiger partial charge >= 0.3 is 0 Å². The van der Waals surface area contributed by atoms with Gasteiger partial charge in [-0.3, -0.25) is 4.79 Å². The molecule has 0 aliphatic rings. The number of ether oxygens (including phenoxy) is 2. The monoisotopic (exact) mass is 620 g/mol. The number of nitrogens with zero attached hydrogens (tertiary/aromatic N) is 1. The Labute approximate surface area is 213 Å². The summed E-state index contributed by atoms with van der Waals surface area (Å²) in [7, 11) is 0. The number of rotatable bonds is 8. The van der Waals surface area contributed by atoms with Crippen molar-refractivity contribution in [3.8, 4) is 17.6 Å². The summed E-state index contributed by atoms with van der Waals surface area (Å²) >= 11 is 5.47. The Balaban J connectivity index is 1.84. The van der Waals surface area contributed by atoms with E-state index >= 15 is 0 Å². The molecule has 0 aliphatic carbocycles. The summed E-state index contributed by atoms with van der Waals surface area (Å²) in [6, 6.07) is 18.7. The molecule has 0 saturated heterocycles. The summed E-state index contributed by atoms with van der Waals surface area (Å²) in [5.74, 6) is 0.204. The first-order chi connectivity index (χ1) is 15.9. The maximum atomic E-state index is 13.1. The number of halogens is 3. The largest absolute Gasteiger partial charge is 0.490 e. The first-order valence-corrected chi connectivity index (χ1v) is 11.8. The fraction of sp³-hybridized carbons (Fsp3) is 0.120. The highest BCUT2D eigenvalue weighted by molar-refractivity contribution is 14.1. The van der Waals surface area contributed by atoms with Crippen molar-refractivity contribution >= 4 is 56.2 Å². The first kappa shape index (κ1) is 24.7. The molecule has 5 nitrogen and oxygen atoms in total. The van der Waals surface area contributed by atoms with E-state index in [1.807, 2.05) is 19.1 Å². The zero-order valence-electron chi connectivity index (χ0n) is 17.6. The van der Waals surface area contributed by atoms with E-state index in [0.29, 0.717) is 29.4 Å². The zero-order chi connectivity index (χ0) is 23.8. The summed E-state index contributed by atoms with van der Waals surface area (Å²) in [6.45, 7) is 2.50. The van der Waals surface area contributed by atoms with Crippen LogP contribution in [0.4, 0.5) is 10.1 Å². The zero-order valence-corrected chi connectivity index (χ0v) is 21.3. The lowest BCUT2D eigenvalue weighted by atomic mass is 10.1. The molecule has 0 fully saturated rings. The molecule has 168 valence electrons. The average Bonchev–Trinajstić information content (AvgIpc) is 2.78. The van der Waals surface area contributed by atoms with Crippen molar-refractivity contribution in [2.45, 2.75) is 13.5 Å². The van der Waals surface area contributed by atoms with Gasteiger partial charge in [0.05, 0.1) is 10.2 Å². The van der Waals surface area contributed by atoms with Gasteiger partial charge in [-0.15, -0.1) is 0 Å². The Hall–Kier alpha value is -2.90. The van der Waals surface area contributed by atoms with E-state index in [1.165, 1.54) is 18.2 Å². The predicted molar refractivity (Wildman–Crippen MR) is 137 cm³/mol. The number of anilines is 1. The van der Waals surface area contributed by atoms with Crippen LogP contribution in [0.2, 0.25) is 0 Å². The van der Waals surface area contributed by atoms with E-state index in [4.69, 9.17) is 9.47 Å². The lowest BCUT2D eigenvalue weighted by Gasteiger charge is -2.15. The molecule has 0 heterocycles. The number of carbonyl (C=O) groups excluding carboxylic acids is 1. The van der Waals surface area contributed by atoms with Gasteiger partial charge in [0.1, 0.15) is 24.1 Å². The van der Waals surface area contributed by atoms with Crippen LogP contribution in [0.5, 0.6) is 11.5 Å². The molecular formula is C25H19BrFIN2O3. The van der Waals surface area contributed by atoms with E-state index < -0.39 is 5.91 Å². The number of nitriles is 1. The van der Waals surface area contributed by atoms with Gasteiger partial charge in [-0.1, -0.05) is 34.1 Å². The minimum atomic E-state index is -0.514. The number of hydrogen-bond acceptors (Lipinski definition) is 4. The second kappa shape index (κ2) is 11.8. The molecule has 0 spiro atoms. The van der Waals surface area contributed by atoms with Crippen molar-refractivity contribution in [3.63, 3.8) is 0 Å². The standard InChI is InChI=1S/C25H19BrFIN2O3/c1-2-32-23-12-17(10-18(14-29)25(31)30-21-5-3-4-19(26)13-21)11-22(28)24(23)33-15-16-6-8-20(27)9-7-16/h3-13H,2,15H2,1H3,(H,30,31)/b18-10-. The highest BCUT2D eigenvalue weighted by atomic mass is 127. The van der Waals surface area contributed by atoms with Gasteiger partial charge in [0.15, 0.2) is 11.5 Å². The van der Waals surface area contributed by atoms with Crippen LogP contribution >= 0.6 is 38.5 Å². The summed E-state index contributed by atoms with van der Waals surface area (Å²) < 4.78 is 26.4.